The molecule has 0 fully saturated rings. The minimum Gasteiger partial charge on any atom is -0.493 e. The van der Waals surface area contributed by atoms with Gasteiger partial charge in [0.1, 0.15) is 6.61 Å². The monoisotopic (exact) mass is 238 g/mol. The van der Waals surface area contributed by atoms with Crippen molar-refractivity contribution in [2.45, 2.75) is 12.5 Å². The Balaban J connectivity index is 2.72. The van der Waals surface area contributed by atoms with Crippen LogP contribution >= 0.6 is 0 Å². The van der Waals surface area contributed by atoms with Crippen LogP contribution in [-0.2, 0) is 0 Å². The Morgan fingerprint density at radius 2 is 1.82 bits per heavy atom. The van der Waals surface area contributed by atoms with E-state index in [2.05, 4.69) is 11.8 Å². The van der Waals surface area contributed by atoms with Crippen LogP contribution in [0.2, 0.25) is 0 Å². The predicted molar refractivity (Wildman–Crippen MR) is 69.6 cm³/mol. The minimum absolute atomic E-state index is 0.180. The SMILES string of the molecule is COc1ccccc1OCC(C)(CN)N(C)C. The van der Waals surface area contributed by atoms with E-state index in [1.54, 1.807) is 7.11 Å². The maximum absolute atomic E-state index is 5.80. The minimum atomic E-state index is -0.180. The van der Waals surface area contributed by atoms with Crippen molar-refractivity contribution in [3.8, 4) is 11.5 Å². The number of likely N-dealkylation sites (N-methyl/N-ethyl adjacent to an activating group) is 1. The van der Waals surface area contributed by atoms with Crippen LogP contribution in [0.4, 0.5) is 0 Å². The van der Waals surface area contributed by atoms with Gasteiger partial charge in [-0.2, -0.15) is 0 Å². The van der Waals surface area contributed by atoms with E-state index in [1.165, 1.54) is 0 Å². The van der Waals surface area contributed by atoms with E-state index in [1.807, 2.05) is 38.4 Å². The molecule has 1 atom stereocenters. The number of ether oxygens (including phenoxy) is 2. The lowest BCUT2D eigenvalue weighted by molar-refractivity contribution is 0.102. The molecule has 1 rings (SSSR count). The van der Waals surface area contributed by atoms with Crippen molar-refractivity contribution < 1.29 is 9.47 Å². The smallest absolute Gasteiger partial charge is 0.161 e. The number of rotatable bonds is 6. The van der Waals surface area contributed by atoms with Crippen LogP contribution in [0.15, 0.2) is 24.3 Å². The number of hydrogen-bond donors (Lipinski definition) is 1. The molecular formula is C13H22N2O2. The van der Waals surface area contributed by atoms with E-state index in [0.717, 1.165) is 11.5 Å². The molecule has 0 radical (unpaired) electrons. The Morgan fingerprint density at radius 1 is 1.24 bits per heavy atom. The normalized spacial score (nSPS) is 14.5. The first kappa shape index (κ1) is 13.8. The van der Waals surface area contributed by atoms with Gasteiger partial charge in [-0.25, -0.2) is 0 Å². The van der Waals surface area contributed by atoms with Crippen molar-refractivity contribution in [2.24, 2.45) is 5.73 Å². The molecule has 1 aromatic rings. The van der Waals surface area contributed by atoms with Crippen LogP contribution in [0.3, 0.4) is 0 Å². The van der Waals surface area contributed by atoms with Gasteiger partial charge in [0, 0.05) is 6.54 Å². The number of hydrogen-bond acceptors (Lipinski definition) is 4. The summed E-state index contributed by atoms with van der Waals surface area (Å²) in [6.07, 6.45) is 0. The molecule has 0 amide bonds. The van der Waals surface area contributed by atoms with Gasteiger partial charge < -0.3 is 15.2 Å². The summed E-state index contributed by atoms with van der Waals surface area (Å²) in [6, 6.07) is 7.61. The highest BCUT2D eigenvalue weighted by atomic mass is 16.5. The number of nitrogens with two attached hydrogens (primary N) is 1. The highest BCUT2D eigenvalue weighted by Crippen LogP contribution is 2.27. The Morgan fingerprint density at radius 3 is 2.29 bits per heavy atom. The van der Waals surface area contributed by atoms with E-state index in [0.29, 0.717) is 13.2 Å². The number of benzene rings is 1. The fourth-order valence-corrected chi connectivity index (χ4v) is 1.34. The zero-order valence-corrected chi connectivity index (χ0v) is 11.1. The molecule has 17 heavy (non-hydrogen) atoms. The zero-order chi connectivity index (χ0) is 12.9. The van der Waals surface area contributed by atoms with E-state index in [-0.39, 0.29) is 5.54 Å². The molecule has 0 saturated heterocycles. The average Bonchev–Trinajstić information content (AvgIpc) is 2.36. The summed E-state index contributed by atoms with van der Waals surface area (Å²) in [5.41, 5.74) is 5.61. The summed E-state index contributed by atoms with van der Waals surface area (Å²) < 4.78 is 11.0. The molecule has 0 aliphatic carbocycles. The fourth-order valence-electron chi connectivity index (χ4n) is 1.34. The van der Waals surface area contributed by atoms with Gasteiger partial charge in [-0.15, -0.1) is 0 Å². The van der Waals surface area contributed by atoms with Gasteiger partial charge in [-0.1, -0.05) is 12.1 Å². The van der Waals surface area contributed by atoms with Crippen molar-refractivity contribution in [2.75, 3.05) is 34.4 Å². The molecule has 0 aliphatic heterocycles. The summed E-state index contributed by atoms with van der Waals surface area (Å²) >= 11 is 0. The second kappa shape index (κ2) is 5.89. The van der Waals surface area contributed by atoms with Crippen LogP contribution in [-0.4, -0.2) is 44.8 Å². The van der Waals surface area contributed by atoms with Gasteiger partial charge in [0.05, 0.1) is 12.6 Å². The Kier molecular flexibility index (Phi) is 4.78. The van der Waals surface area contributed by atoms with E-state index in [4.69, 9.17) is 15.2 Å². The van der Waals surface area contributed by atoms with Crippen LogP contribution in [0.5, 0.6) is 11.5 Å². The standard InChI is InChI=1S/C13H22N2O2/c1-13(9-14,15(2)3)10-17-12-8-6-5-7-11(12)16-4/h5-8H,9-10,14H2,1-4H3. The van der Waals surface area contributed by atoms with Crippen LogP contribution < -0.4 is 15.2 Å². The van der Waals surface area contributed by atoms with E-state index >= 15 is 0 Å². The lowest BCUT2D eigenvalue weighted by atomic mass is 10.0. The molecule has 0 aromatic heterocycles. The second-order valence-corrected chi connectivity index (χ2v) is 4.54. The van der Waals surface area contributed by atoms with Gasteiger partial charge in [0.2, 0.25) is 0 Å². The predicted octanol–water partition coefficient (Wildman–Crippen LogP) is 1.35. The molecule has 2 N–H and O–H groups in total. The van der Waals surface area contributed by atoms with Gasteiger partial charge in [-0.05, 0) is 33.2 Å². The van der Waals surface area contributed by atoms with Crippen molar-refractivity contribution in [3.05, 3.63) is 24.3 Å². The molecule has 0 heterocycles. The first-order valence-electron chi connectivity index (χ1n) is 5.67. The maximum atomic E-state index is 5.80. The lowest BCUT2D eigenvalue weighted by Gasteiger charge is -2.35. The maximum Gasteiger partial charge on any atom is 0.161 e. The van der Waals surface area contributed by atoms with Gasteiger partial charge in [-0.3, -0.25) is 4.90 Å². The lowest BCUT2D eigenvalue weighted by Crippen LogP contribution is -2.52. The third kappa shape index (κ3) is 3.35. The number of para-hydroxylation sites is 2. The largest absolute Gasteiger partial charge is 0.493 e. The molecule has 0 saturated carbocycles. The van der Waals surface area contributed by atoms with Crippen LogP contribution in [0.1, 0.15) is 6.92 Å². The molecule has 1 aromatic carbocycles. The van der Waals surface area contributed by atoms with Gasteiger partial charge in [0.15, 0.2) is 11.5 Å². The molecule has 0 spiro atoms. The summed E-state index contributed by atoms with van der Waals surface area (Å²) in [5.74, 6) is 1.49. The van der Waals surface area contributed by atoms with Gasteiger partial charge in [0.25, 0.3) is 0 Å². The third-order valence-electron chi connectivity index (χ3n) is 3.13. The topological polar surface area (TPSA) is 47.7 Å². The number of nitrogens with zero attached hydrogens (tertiary/aromatic N) is 1. The molecule has 96 valence electrons. The van der Waals surface area contributed by atoms with E-state index < -0.39 is 0 Å². The molecule has 0 aliphatic rings. The molecule has 4 heteroatoms. The number of methoxy groups -OCH3 is 1. The van der Waals surface area contributed by atoms with Crippen molar-refractivity contribution >= 4 is 0 Å². The van der Waals surface area contributed by atoms with E-state index in [9.17, 15) is 0 Å². The van der Waals surface area contributed by atoms with Crippen LogP contribution in [0.25, 0.3) is 0 Å². The molecule has 1 unspecified atom stereocenters. The van der Waals surface area contributed by atoms with Crippen molar-refractivity contribution in [3.63, 3.8) is 0 Å². The Labute approximate surface area is 103 Å². The quantitative estimate of drug-likeness (QED) is 0.813. The second-order valence-electron chi connectivity index (χ2n) is 4.54. The first-order chi connectivity index (χ1) is 8.03. The fraction of sp³-hybridized carbons (Fsp3) is 0.538. The Bertz CT molecular complexity index is 355. The van der Waals surface area contributed by atoms with Crippen molar-refractivity contribution in [1.82, 2.24) is 4.90 Å². The molecule has 0 bridgehead atoms. The highest BCUT2D eigenvalue weighted by molar-refractivity contribution is 5.39. The van der Waals surface area contributed by atoms with Crippen LogP contribution in [0, 0.1) is 0 Å². The summed E-state index contributed by atoms with van der Waals surface area (Å²) in [5, 5.41) is 0. The third-order valence-corrected chi connectivity index (χ3v) is 3.13. The molecule has 4 nitrogen and oxygen atoms in total. The molecular weight excluding hydrogens is 216 g/mol. The van der Waals surface area contributed by atoms with Crippen molar-refractivity contribution in [1.29, 1.82) is 0 Å². The Hall–Kier alpha value is -1.26. The zero-order valence-electron chi connectivity index (χ0n) is 11.1. The highest BCUT2D eigenvalue weighted by Gasteiger charge is 2.26. The first-order valence-corrected chi connectivity index (χ1v) is 5.67. The average molecular weight is 238 g/mol. The van der Waals surface area contributed by atoms with Gasteiger partial charge >= 0.3 is 0 Å². The summed E-state index contributed by atoms with van der Waals surface area (Å²) in [4.78, 5) is 2.07. The summed E-state index contributed by atoms with van der Waals surface area (Å²) in [7, 11) is 5.63. The summed E-state index contributed by atoms with van der Waals surface area (Å²) in [6.45, 7) is 3.13.